The molecule has 1 unspecified atom stereocenters. The Morgan fingerprint density at radius 3 is 2.82 bits per heavy atom. The van der Waals surface area contributed by atoms with Crippen LogP contribution in [0.1, 0.15) is 28.9 Å². The van der Waals surface area contributed by atoms with E-state index in [0.717, 1.165) is 42.7 Å². The Morgan fingerprint density at radius 2 is 2.07 bits per heavy atom. The van der Waals surface area contributed by atoms with Crippen LogP contribution < -0.4 is 5.32 Å². The van der Waals surface area contributed by atoms with Gasteiger partial charge in [-0.1, -0.05) is 0 Å². The lowest BCUT2D eigenvalue weighted by atomic mass is 10.0. The van der Waals surface area contributed by atoms with Crippen molar-refractivity contribution in [1.29, 1.82) is 0 Å². The minimum Gasteiger partial charge on any atom is -0.337 e. The molecule has 2 saturated heterocycles. The van der Waals surface area contributed by atoms with Gasteiger partial charge in [0.2, 0.25) is 5.91 Å². The van der Waals surface area contributed by atoms with E-state index in [1.54, 1.807) is 10.9 Å². The summed E-state index contributed by atoms with van der Waals surface area (Å²) in [7, 11) is 1.85. The fraction of sp³-hybridized carbons (Fsp3) is 0.556. The summed E-state index contributed by atoms with van der Waals surface area (Å²) in [6.45, 7) is 5.16. The number of fused-ring (bicyclic) bond motifs is 1. The maximum atomic E-state index is 13.0. The molecular weight excluding hydrogens is 403 g/mol. The first kappa shape index (κ1) is 22.4. The summed E-state index contributed by atoms with van der Waals surface area (Å²) in [5.41, 5.74) is 2.23. The molecular formula is C18H26Cl2N6O2. The van der Waals surface area contributed by atoms with Crippen LogP contribution in [0.2, 0.25) is 0 Å². The number of rotatable bonds is 2. The molecule has 0 spiro atoms. The minimum absolute atomic E-state index is 0. The van der Waals surface area contributed by atoms with Crippen molar-refractivity contribution in [2.45, 2.75) is 25.8 Å². The smallest absolute Gasteiger partial charge is 0.255 e. The lowest BCUT2D eigenvalue weighted by Gasteiger charge is -2.41. The van der Waals surface area contributed by atoms with Crippen LogP contribution in [0.5, 0.6) is 0 Å². The molecule has 154 valence electrons. The average Bonchev–Trinajstić information content (AvgIpc) is 2.95. The number of likely N-dealkylation sites (tertiary alicyclic amines) is 1. The molecule has 1 atom stereocenters. The number of pyridine rings is 1. The van der Waals surface area contributed by atoms with Gasteiger partial charge < -0.3 is 15.1 Å². The molecule has 0 aromatic carbocycles. The fourth-order valence-electron chi connectivity index (χ4n) is 4.01. The standard InChI is InChI=1S/C18H24N6O2.2ClH/c1-12-15-8-13(9-20-17(15)22(2)21-12)18(26)23-6-3-4-14(11-23)24-7-5-19-10-16(24)25;;/h8-9,14,19H,3-7,10-11H2,1-2H3;2*1H. The highest BCUT2D eigenvalue weighted by Crippen LogP contribution is 2.21. The van der Waals surface area contributed by atoms with Gasteiger partial charge in [0.15, 0.2) is 5.65 Å². The number of aromatic nitrogens is 3. The predicted molar refractivity (Wildman–Crippen MR) is 111 cm³/mol. The number of carbonyl (C=O) groups is 2. The quantitative estimate of drug-likeness (QED) is 0.775. The highest BCUT2D eigenvalue weighted by molar-refractivity contribution is 5.97. The van der Waals surface area contributed by atoms with Crippen molar-refractivity contribution >= 4 is 47.7 Å². The third-order valence-electron chi connectivity index (χ3n) is 5.36. The monoisotopic (exact) mass is 428 g/mol. The summed E-state index contributed by atoms with van der Waals surface area (Å²) in [6, 6.07) is 1.99. The zero-order valence-corrected chi connectivity index (χ0v) is 17.7. The van der Waals surface area contributed by atoms with Gasteiger partial charge in [0.25, 0.3) is 5.91 Å². The fourth-order valence-corrected chi connectivity index (χ4v) is 4.01. The molecule has 2 aromatic heterocycles. The van der Waals surface area contributed by atoms with E-state index in [9.17, 15) is 9.59 Å². The van der Waals surface area contributed by atoms with Crippen LogP contribution >= 0.6 is 24.8 Å². The normalized spacial score (nSPS) is 19.9. The van der Waals surface area contributed by atoms with Gasteiger partial charge in [-0.3, -0.25) is 14.3 Å². The first-order valence-corrected chi connectivity index (χ1v) is 9.13. The number of hydrogen-bond acceptors (Lipinski definition) is 5. The lowest BCUT2D eigenvalue weighted by molar-refractivity contribution is -0.135. The average molecular weight is 429 g/mol. The second kappa shape index (κ2) is 9.07. The maximum Gasteiger partial charge on any atom is 0.255 e. The summed E-state index contributed by atoms with van der Waals surface area (Å²) in [5, 5.41) is 8.37. The van der Waals surface area contributed by atoms with Crippen LogP contribution in [-0.4, -0.2) is 75.1 Å². The number of aryl methyl sites for hydroxylation is 2. The Balaban J connectivity index is 0.00000140. The second-order valence-electron chi connectivity index (χ2n) is 7.12. The van der Waals surface area contributed by atoms with Crippen molar-refractivity contribution in [2.24, 2.45) is 7.05 Å². The van der Waals surface area contributed by atoms with Crippen molar-refractivity contribution in [3.8, 4) is 0 Å². The molecule has 1 N–H and O–H groups in total. The van der Waals surface area contributed by atoms with E-state index in [-0.39, 0.29) is 42.7 Å². The Labute approximate surface area is 176 Å². The first-order chi connectivity index (χ1) is 12.5. The third kappa shape index (κ3) is 4.09. The molecule has 2 amide bonds. The van der Waals surface area contributed by atoms with E-state index in [1.807, 2.05) is 29.8 Å². The molecule has 4 rings (SSSR count). The number of hydrogen-bond donors (Lipinski definition) is 1. The number of carbonyl (C=O) groups excluding carboxylic acids is 2. The molecule has 0 bridgehead atoms. The van der Waals surface area contributed by atoms with E-state index in [2.05, 4.69) is 15.4 Å². The van der Waals surface area contributed by atoms with Crippen LogP contribution in [0, 0.1) is 6.92 Å². The van der Waals surface area contributed by atoms with Crippen molar-refractivity contribution in [3.63, 3.8) is 0 Å². The maximum absolute atomic E-state index is 13.0. The zero-order chi connectivity index (χ0) is 18.3. The topological polar surface area (TPSA) is 83.4 Å². The summed E-state index contributed by atoms with van der Waals surface area (Å²) >= 11 is 0. The van der Waals surface area contributed by atoms with Crippen LogP contribution in [0.25, 0.3) is 11.0 Å². The Hall–Kier alpha value is -1.90. The van der Waals surface area contributed by atoms with Gasteiger partial charge in [-0.25, -0.2) is 4.98 Å². The zero-order valence-electron chi connectivity index (χ0n) is 16.1. The van der Waals surface area contributed by atoms with E-state index in [0.29, 0.717) is 25.2 Å². The minimum atomic E-state index is -0.0186. The summed E-state index contributed by atoms with van der Waals surface area (Å²) < 4.78 is 1.73. The summed E-state index contributed by atoms with van der Waals surface area (Å²) in [5.74, 6) is 0.111. The molecule has 28 heavy (non-hydrogen) atoms. The highest BCUT2D eigenvalue weighted by Gasteiger charge is 2.32. The number of halogens is 2. The lowest BCUT2D eigenvalue weighted by Crippen LogP contribution is -2.57. The number of piperazine rings is 1. The molecule has 2 aromatic rings. The molecule has 2 fully saturated rings. The van der Waals surface area contributed by atoms with Crippen molar-refractivity contribution < 1.29 is 9.59 Å². The Kier molecular flexibility index (Phi) is 7.25. The van der Waals surface area contributed by atoms with E-state index < -0.39 is 0 Å². The molecule has 0 aliphatic carbocycles. The van der Waals surface area contributed by atoms with Crippen LogP contribution in [-0.2, 0) is 11.8 Å². The van der Waals surface area contributed by atoms with Gasteiger partial charge >= 0.3 is 0 Å². The largest absolute Gasteiger partial charge is 0.337 e. The van der Waals surface area contributed by atoms with Gasteiger partial charge in [-0.05, 0) is 25.8 Å². The van der Waals surface area contributed by atoms with E-state index >= 15 is 0 Å². The molecule has 0 saturated carbocycles. The van der Waals surface area contributed by atoms with Gasteiger partial charge in [-0.2, -0.15) is 5.10 Å². The highest BCUT2D eigenvalue weighted by atomic mass is 35.5. The predicted octanol–water partition coefficient (Wildman–Crippen LogP) is 1.16. The second-order valence-corrected chi connectivity index (χ2v) is 7.12. The van der Waals surface area contributed by atoms with E-state index in [4.69, 9.17) is 0 Å². The van der Waals surface area contributed by atoms with Crippen molar-refractivity contribution in [2.75, 3.05) is 32.7 Å². The van der Waals surface area contributed by atoms with Gasteiger partial charge in [0.05, 0.1) is 17.8 Å². The molecule has 10 heteroatoms. The van der Waals surface area contributed by atoms with Gasteiger partial charge in [0, 0.05) is 50.9 Å². The third-order valence-corrected chi connectivity index (χ3v) is 5.36. The number of amides is 2. The van der Waals surface area contributed by atoms with Crippen LogP contribution in [0.4, 0.5) is 0 Å². The molecule has 0 radical (unpaired) electrons. The Bertz CT molecular complexity index is 871. The summed E-state index contributed by atoms with van der Waals surface area (Å²) in [6.07, 6.45) is 3.50. The number of nitrogens with one attached hydrogen (secondary N) is 1. The van der Waals surface area contributed by atoms with Crippen LogP contribution in [0.15, 0.2) is 12.3 Å². The van der Waals surface area contributed by atoms with Gasteiger partial charge in [0.1, 0.15) is 0 Å². The van der Waals surface area contributed by atoms with Gasteiger partial charge in [-0.15, -0.1) is 24.8 Å². The number of piperidine rings is 1. The SMILES string of the molecule is Cc1nn(C)c2ncc(C(=O)N3CCCC(N4CCNCC4=O)C3)cc12.Cl.Cl. The molecule has 4 heterocycles. The van der Waals surface area contributed by atoms with E-state index in [1.165, 1.54) is 0 Å². The van der Waals surface area contributed by atoms with Crippen molar-refractivity contribution in [1.82, 2.24) is 29.9 Å². The molecule has 2 aliphatic rings. The Morgan fingerprint density at radius 1 is 1.29 bits per heavy atom. The first-order valence-electron chi connectivity index (χ1n) is 9.13. The number of nitrogens with zero attached hydrogens (tertiary/aromatic N) is 5. The molecule has 2 aliphatic heterocycles. The summed E-state index contributed by atoms with van der Waals surface area (Å²) in [4.78, 5) is 33.4. The van der Waals surface area contributed by atoms with Crippen LogP contribution in [0.3, 0.4) is 0 Å². The van der Waals surface area contributed by atoms with Crippen molar-refractivity contribution in [3.05, 3.63) is 23.5 Å². The molecule has 8 nitrogen and oxygen atoms in total.